The van der Waals surface area contributed by atoms with E-state index in [4.69, 9.17) is 20.2 Å². The lowest BCUT2D eigenvalue weighted by Gasteiger charge is -2.21. The van der Waals surface area contributed by atoms with Gasteiger partial charge in [0, 0.05) is 19.8 Å². The molecule has 0 fully saturated rings. The number of nitrogens with one attached hydrogen (secondary N) is 2. The molecule has 0 saturated carbocycles. The van der Waals surface area contributed by atoms with Crippen LogP contribution in [-0.4, -0.2) is 49.8 Å². The second-order valence-electron chi connectivity index (χ2n) is 9.02. The Bertz CT molecular complexity index is 1650. The minimum atomic E-state index is -0.438. The second kappa shape index (κ2) is 10.9. The maximum absolute atomic E-state index is 14.0. The molecule has 0 spiro atoms. The number of imidazole rings is 1. The predicted octanol–water partition coefficient (Wildman–Crippen LogP) is 3.92. The van der Waals surface area contributed by atoms with Gasteiger partial charge in [0.25, 0.3) is 5.56 Å². The van der Waals surface area contributed by atoms with E-state index >= 15 is 0 Å². The molecular formula is C27H30N8O3. The van der Waals surface area contributed by atoms with Crippen LogP contribution in [0.2, 0.25) is 0 Å². The first-order valence-corrected chi connectivity index (χ1v) is 12.4. The molecular weight excluding hydrogens is 484 g/mol. The van der Waals surface area contributed by atoms with Crippen molar-refractivity contribution in [2.24, 2.45) is 0 Å². The van der Waals surface area contributed by atoms with Gasteiger partial charge in [0.15, 0.2) is 11.5 Å². The van der Waals surface area contributed by atoms with Gasteiger partial charge >= 0.3 is 0 Å². The number of fused-ring (bicyclic) bond motifs is 2. The molecule has 4 N–H and O–H groups in total. The Hall–Kier alpha value is -4.51. The molecule has 38 heavy (non-hydrogen) atoms. The summed E-state index contributed by atoms with van der Waals surface area (Å²) in [5.41, 5.74) is 8.93. The minimum absolute atomic E-state index is 0.0918. The first-order chi connectivity index (χ1) is 18.5. The minimum Gasteiger partial charge on any atom is -0.494 e. The highest BCUT2D eigenvalue weighted by Crippen LogP contribution is 2.26. The third-order valence-corrected chi connectivity index (χ3v) is 6.26. The number of nitrogens with two attached hydrogens (primary N) is 1. The van der Waals surface area contributed by atoms with Crippen LogP contribution < -0.4 is 21.3 Å². The summed E-state index contributed by atoms with van der Waals surface area (Å²) in [6, 6.07) is 12.7. The van der Waals surface area contributed by atoms with E-state index in [0.717, 1.165) is 18.4 Å². The molecule has 0 bridgehead atoms. The molecule has 1 atom stereocenters. The van der Waals surface area contributed by atoms with Crippen LogP contribution in [0.25, 0.3) is 27.8 Å². The van der Waals surface area contributed by atoms with Crippen molar-refractivity contribution in [3.8, 4) is 11.4 Å². The smallest absolute Gasteiger partial charge is 0.266 e. The third-order valence-electron chi connectivity index (χ3n) is 6.26. The van der Waals surface area contributed by atoms with E-state index < -0.39 is 6.04 Å². The average molecular weight is 515 g/mol. The number of nitrogens with zero attached hydrogens (tertiary/aromatic N) is 5. The van der Waals surface area contributed by atoms with Gasteiger partial charge in [-0.3, -0.25) is 9.36 Å². The molecule has 0 aliphatic carbocycles. The summed E-state index contributed by atoms with van der Waals surface area (Å²) >= 11 is 0. The van der Waals surface area contributed by atoms with Crippen molar-refractivity contribution >= 4 is 33.8 Å². The van der Waals surface area contributed by atoms with E-state index in [9.17, 15) is 4.79 Å². The molecule has 0 radical (unpaired) electrons. The lowest BCUT2D eigenvalue weighted by molar-refractivity contribution is 0.184. The third kappa shape index (κ3) is 5.00. The summed E-state index contributed by atoms with van der Waals surface area (Å²) in [7, 11) is 1.69. The highest BCUT2D eigenvalue weighted by molar-refractivity contribution is 5.84. The normalized spacial score (nSPS) is 12.2. The first-order valence-electron chi connectivity index (χ1n) is 12.4. The van der Waals surface area contributed by atoms with Crippen molar-refractivity contribution in [1.82, 2.24) is 29.5 Å². The van der Waals surface area contributed by atoms with Gasteiger partial charge in [-0.15, -0.1) is 0 Å². The molecule has 1 unspecified atom stereocenters. The van der Waals surface area contributed by atoms with Crippen molar-refractivity contribution in [2.45, 2.75) is 32.7 Å². The molecule has 5 aromatic rings. The fourth-order valence-corrected chi connectivity index (χ4v) is 4.43. The monoisotopic (exact) mass is 514 g/mol. The van der Waals surface area contributed by atoms with Crippen LogP contribution in [0.4, 0.5) is 11.8 Å². The molecule has 0 saturated heterocycles. The molecule has 3 heterocycles. The SMILES string of the molecule is COCCCCOc1cccc(-n2c(C(C)Nc3nc(N)nc4nc[nH]c34)nc3cccc(C)c3c2=O)c1. The summed E-state index contributed by atoms with van der Waals surface area (Å²) in [5.74, 6) is 1.74. The van der Waals surface area contributed by atoms with Crippen LogP contribution in [0.5, 0.6) is 5.75 Å². The van der Waals surface area contributed by atoms with Gasteiger partial charge in [0.05, 0.1) is 35.6 Å². The van der Waals surface area contributed by atoms with Crippen LogP contribution >= 0.6 is 0 Å². The van der Waals surface area contributed by atoms with Gasteiger partial charge < -0.3 is 25.5 Å². The lowest BCUT2D eigenvalue weighted by Crippen LogP contribution is -2.28. The maximum atomic E-state index is 14.0. The van der Waals surface area contributed by atoms with E-state index in [-0.39, 0.29) is 11.5 Å². The molecule has 2 aromatic carbocycles. The summed E-state index contributed by atoms with van der Waals surface area (Å²) in [5, 5.41) is 3.91. The molecule has 196 valence electrons. The number of methoxy groups -OCH3 is 1. The Balaban J connectivity index is 1.58. The number of aromatic nitrogens is 6. The summed E-state index contributed by atoms with van der Waals surface area (Å²) in [6.07, 6.45) is 3.31. The van der Waals surface area contributed by atoms with Gasteiger partial charge in [0.2, 0.25) is 5.95 Å². The van der Waals surface area contributed by atoms with E-state index in [0.29, 0.717) is 58.4 Å². The van der Waals surface area contributed by atoms with Crippen LogP contribution in [0, 0.1) is 6.92 Å². The molecule has 0 amide bonds. The number of hydrogen-bond acceptors (Lipinski definition) is 9. The Labute approximate surface area is 219 Å². The fraction of sp³-hybridized carbons (Fsp3) is 0.296. The molecule has 11 nitrogen and oxygen atoms in total. The van der Waals surface area contributed by atoms with Crippen molar-refractivity contribution in [2.75, 3.05) is 31.4 Å². The van der Waals surface area contributed by atoms with E-state index in [2.05, 4.69) is 25.3 Å². The molecule has 11 heteroatoms. The summed E-state index contributed by atoms with van der Waals surface area (Å²) < 4.78 is 12.7. The number of ether oxygens (including phenoxy) is 2. The van der Waals surface area contributed by atoms with E-state index in [1.165, 1.54) is 6.33 Å². The summed E-state index contributed by atoms with van der Waals surface area (Å²) in [6.45, 7) is 5.07. The summed E-state index contributed by atoms with van der Waals surface area (Å²) in [4.78, 5) is 34.6. The Morgan fingerprint density at radius 3 is 2.76 bits per heavy atom. The fourth-order valence-electron chi connectivity index (χ4n) is 4.43. The van der Waals surface area contributed by atoms with Crippen LogP contribution in [0.3, 0.4) is 0 Å². The molecule has 5 rings (SSSR count). The standard InChI is InChI=1S/C27H30N8O3/c1-16-8-6-11-20-21(16)26(36)35(18-9-7-10-19(14-18)38-13-5-4-12-37-3)25(32-20)17(2)31-24-22-23(30-15-29-22)33-27(28)34-24/h6-11,14-15,17H,4-5,12-13H2,1-3H3,(H4,28,29,30,31,33,34). The van der Waals surface area contributed by atoms with Gasteiger partial charge in [0.1, 0.15) is 17.1 Å². The van der Waals surface area contributed by atoms with Crippen molar-refractivity contribution in [3.63, 3.8) is 0 Å². The average Bonchev–Trinajstić information content (AvgIpc) is 3.37. The van der Waals surface area contributed by atoms with Crippen LogP contribution in [0.1, 0.15) is 37.2 Å². The van der Waals surface area contributed by atoms with E-state index in [1.807, 2.05) is 56.3 Å². The van der Waals surface area contributed by atoms with Crippen molar-refractivity contribution in [1.29, 1.82) is 0 Å². The number of aromatic amines is 1. The van der Waals surface area contributed by atoms with Crippen molar-refractivity contribution < 1.29 is 9.47 Å². The number of unbranched alkanes of at least 4 members (excludes halogenated alkanes) is 1. The number of rotatable bonds is 10. The van der Waals surface area contributed by atoms with E-state index in [1.54, 1.807) is 11.7 Å². The van der Waals surface area contributed by atoms with Crippen LogP contribution in [0.15, 0.2) is 53.6 Å². The highest BCUT2D eigenvalue weighted by atomic mass is 16.5. The topological polar surface area (TPSA) is 146 Å². The zero-order chi connectivity index (χ0) is 26.6. The number of nitrogen functional groups attached to an aromatic ring is 1. The quantitative estimate of drug-likeness (QED) is 0.236. The number of aryl methyl sites for hydroxylation is 1. The van der Waals surface area contributed by atoms with Crippen molar-refractivity contribution in [3.05, 3.63) is 70.5 Å². The predicted molar refractivity (Wildman–Crippen MR) is 147 cm³/mol. The largest absolute Gasteiger partial charge is 0.494 e. The van der Waals surface area contributed by atoms with Gasteiger partial charge in [-0.1, -0.05) is 18.2 Å². The van der Waals surface area contributed by atoms with Gasteiger partial charge in [-0.25, -0.2) is 9.97 Å². The highest BCUT2D eigenvalue weighted by Gasteiger charge is 2.21. The Morgan fingerprint density at radius 1 is 1.11 bits per heavy atom. The Morgan fingerprint density at radius 2 is 1.92 bits per heavy atom. The number of hydrogen-bond donors (Lipinski definition) is 3. The van der Waals surface area contributed by atoms with Gasteiger partial charge in [-0.05, 0) is 50.5 Å². The second-order valence-corrected chi connectivity index (χ2v) is 9.02. The Kier molecular flexibility index (Phi) is 7.18. The van der Waals surface area contributed by atoms with Crippen LogP contribution in [-0.2, 0) is 4.74 Å². The zero-order valence-corrected chi connectivity index (χ0v) is 21.6. The number of H-pyrrole nitrogens is 1. The molecule has 0 aliphatic heterocycles. The zero-order valence-electron chi connectivity index (χ0n) is 21.6. The van der Waals surface area contributed by atoms with Gasteiger partial charge in [-0.2, -0.15) is 9.97 Å². The maximum Gasteiger partial charge on any atom is 0.266 e. The molecule has 0 aliphatic rings. The number of anilines is 2. The lowest BCUT2D eigenvalue weighted by atomic mass is 10.1. The first kappa shape index (κ1) is 25.2. The molecule has 3 aromatic heterocycles. The number of benzene rings is 2.